The normalized spacial score (nSPS) is 12.0. The van der Waals surface area contributed by atoms with E-state index in [1.807, 2.05) is 12.1 Å². The van der Waals surface area contributed by atoms with Crippen LogP contribution in [0, 0.1) is 6.92 Å². The Morgan fingerprint density at radius 3 is 2.59 bits per heavy atom. The summed E-state index contributed by atoms with van der Waals surface area (Å²) in [4.78, 5) is 23.5. The lowest BCUT2D eigenvalue weighted by atomic mass is 9.92. The van der Waals surface area contributed by atoms with Gasteiger partial charge >= 0.3 is 5.97 Å². The third-order valence-corrected chi connectivity index (χ3v) is 3.79. The quantitative estimate of drug-likeness (QED) is 0.841. The standard InChI is InChI=1S/C16H15BrO5/c1-9-7-13(18)15(20)16(22-9)12(8-14(19)21-2)10-3-5-11(17)6-4-10/h3-7,12,20H,8H2,1-2H3. The highest BCUT2D eigenvalue weighted by atomic mass is 79.9. The van der Waals surface area contributed by atoms with Crippen LogP contribution in [0.1, 0.15) is 29.4 Å². The molecule has 0 spiro atoms. The summed E-state index contributed by atoms with van der Waals surface area (Å²) >= 11 is 3.34. The molecule has 0 saturated heterocycles. The number of aromatic hydroxyl groups is 1. The van der Waals surface area contributed by atoms with Gasteiger partial charge in [0, 0.05) is 10.5 Å². The molecule has 0 bridgehead atoms. The van der Waals surface area contributed by atoms with Crippen LogP contribution in [-0.4, -0.2) is 18.2 Å². The Kier molecular flexibility index (Phi) is 5.03. The van der Waals surface area contributed by atoms with Gasteiger partial charge in [0.05, 0.1) is 19.4 Å². The molecular formula is C16H15BrO5. The molecule has 22 heavy (non-hydrogen) atoms. The number of hydrogen-bond acceptors (Lipinski definition) is 5. The van der Waals surface area contributed by atoms with Crippen LogP contribution < -0.4 is 5.43 Å². The monoisotopic (exact) mass is 366 g/mol. The molecule has 1 unspecified atom stereocenters. The molecule has 1 aromatic heterocycles. The number of aryl methyl sites for hydroxylation is 1. The van der Waals surface area contributed by atoms with E-state index in [2.05, 4.69) is 15.9 Å². The van der Waals surface area contributed by atoms with Crippen molar-refractivity contribution in [2.45, 2.75) is 19.3 Å². The molecule has 6 heteroatoms. The molecule has 116 valence electrons. The zero-order valence-corrected chi connectivity index (χ0v) is 13.7. The Morgan fingerprint density at radius 1 is 1.36 bits per heavy atom. The van der Waals surface area contributed by atoms with Crippen LogP contribution >= 0.6 is 15.9 Å². The van der Waals surface area contributed by atoms with Crippen LogP contribution in [0.3, 0.4) is 0 Å². The van der Waals surface area contributed by atoms with Crippen LogP contribution in [0.4, 0.5) is 0 Å². The summed E-state index contributed by atoms with van der Waals surface area (Å²) in [6.07, 6.45) is -0.0436. The molecule has 5 nitrogen and oxygen atoms in total. The van der Waals surface area contributed by atoms with Gasteiger partial charge in [0.2, 0.25) is 11.2 Å². The van der Waals surface area contributed by atoms with Crippen molar-refractivity contribution in [2.75, 3.05) is 7.11 Å². The second-order valence-corrected chi connectivity index (χ2v) is 5.73. The van der Waals surface area contributed by atoms with Crippen LogP contribution in [0.15, 0.2) is 44.0 Å². The van der Waals surface area contributed by atoms with E-state index in [9.17, 15) is 14.7 Å². The number of rotatable bonds is 4. The van der Waals surface area contributed by atoms with E-state index in [4.69, 9.17) is 9.15 Å². The van der Waals surface area contributed by atoms with Crippen molar-refractivity contribution in [1.29, 1.82) is 0 Å². The maximum Gasteiger partial charge on any atom is 0.306 e. The zero-order valence-electron chi connectivity index (χ0n) is 12.1. The molecule has 0 aliphatic carbocycles. The number of esters is 1. The highest BCUT2D eigenvalue weighted by molar-refractivity contribution is 9.10. The summed E-state index contributed by atoms with van der Waals surface area (Å²) in [5.41, 5.74) is 0.198. The van der Waals surface area contributed by atoms with Crippen molar-refractivity contribution >= 4 is 21.9 Å². The van der Waals surface area contributed by atoms with Crippen molar-refractivity contribution in [3.05, 3.63) is 62.1 Å². The van der Waals surface area contributed by atoms with Crippen molar-refractivity contribution in [3.8, 4) is 5.75 Å². The molecule has 2 rings (SSSR count). The Morgan fingerprint density at radius 2 is 2.00 bits per heavy atom. The van der Waals surface area contributed by atoms with Crippen LogP contribution in [0.25, 0.3) is 0 Å². The first-order valence-corrected chi connectivity index (χ1v) is 7.37. The van der Waals surface area contributed by atoms with Gasteiger partial charge in [-0.25, -0.2) is 0 Å². The zero-order chi connectivity index (χ0) is 16.3. The smallest absolute Gasteiger partial charge is 0.306 e. The van der Waals surface area contributed by atoms with Gasteiger partial charge in [0.1, 0.15) is 5.76 Å². The number of hydrogen-bond donors (Lipinski definition) is 1. The first-order valence-electron chi connectivity index (χ1n) is 6.58. The molecule has 1 heterocycles. The molecule has 0 amide bonds. The van der Waals surface area contributed by atoms with Crippen molar-refractivity contribution < 1.29 is 19.1 Å². The average Bonchev–Trinajstić information content (AvgIpc) is 2.49. The fourth-order valence-corrected chi connectivity index (χ4v) is 2.43. The third-order valence-electron chi connectivity index (χ3n) is 3.26. The molecule has 1 aromatic carbocycles. The van der Waals surface area contributed by atoms with Crippen molar-refractivity contribution in [3.63, 3.8) is 0 Å². The number of halogens is 1. The van der Waals surface area contributed by atoms with Gasteiger partial charge in [-0.2, -0.15) is 0 Å². The first-order chi connectivity index (χ1) is 10.4. The molecule has 1 N–H and O–H groups in total. The third kappa shape index (κ3) is 3.57. The lowest BCUT2D eigenvalue weighted by Gasteiger charge is -2.17. The molecule has 0 radical (unpaired) electrons. The van der Waals surface area contributed by atoms with Crippen molar-refractivity contribution in [2.24, 2.45) is 0 Å². The number of carbonyl (C=O) groups is 1. The van der Waals surface area contributed by atoms with E-state index in [0.29, 0.717) is 5.76 Å². The Labute approximate surface area is 135 Å². The predicted molar refractivity (Wildman–Crippen MR) is 84.0 cm³/mol. The largest absolute Gasteiger partial charge is 0.502 e. The fourth-order valence-electron chi connectivity index (χ4n) is 2.17. The van der Waals surface area contributed by atoms with E-state index in [-0.39, 0.29) is 12.2 Å². The summed E-state index contributed by atoms with van der Waals surface area (Å²) in [5, 5.41) is 10.0. The van der Waals surface area contributed by atoms with Crippen molar-refractivity contribution in [1.82, 2.24) is 0 Å². The Hall–Kier alpha value is -2.08. The lowest BCUT2D eigenvalue weighted by molar-refractivity contribution is -0.140. The average molecular weight is 367 g/mol. The summed E-state index contributed by atoms with van der Waals surface area (Å²) in [7, 11) is 1.28. The van der Waals surface area contributed by atoms with Gasteiger partial charge in [-0.3, -0.25) is 9.59 Å². The molecule has 0 aliphatic rings. The minimum Gasteiger partial charge on any atom is -0.502 e. The Bertz CT molecular complexity index is 733. The molecular weight excluding hydrogens is 352 g/mol. The minimum absolute atomic E-state index is 0.0436. The number of methoxy groups -OCH3 is 1. The summed E-state index contributed by atoms with van der Waals surface area (Å²) in [6.45, 7) is 1.61. The van der Waals surface area contributed by atoms with E-state index in [1.54, 1.807) is 19.1 Å². The highest BCUT2D eigenvalue weighted by Crippen LogP contribution is 2.33. The number of benzene rings is 1. The van der Waals surface area contributed by atoms with Gasteiger partial charge in [-0.05, 0) is 24.6 Å². The second kappa shape index (κ2) is 6.79. The second-order valence-electron chi connectivity index (χ2n) is 4.82. The fraction of sp³-hybridized carbons (Fsp3) is 0.250. The molecule has 0 fully saturated rings. The van der Waals surface area contributed by atoms with Crippen LogP contribution in [-0.2, 0) is 9.53 Å². The summed E-state index contributed by atoms with van der Waals surface area (Å²) < 4.78 is 11.1. The maximum atomic E-state index is 11.8. The molecule has 1 atom stereocenters. The van der Waals surface area contributed by atoms with Gasteiger partial charge in [0.25, 0.3) is 0 Å². The van der Waals surface area contributed by atoms with Gasteiger partial charge in [0.15, 0.2) is 5.76 Å². The molecule has 0 aliphatic heterocycles. The topological polar surface area (TPSA) is 76.7 Å². The molecule has 0 saturated carbocycles. The van der Waals surface area contributed by atoms with Gasteiger partial charge in [-0.15, -0.1) is 0 Å². The summed E-state index contributed by atoms with van der Waals surface area (Å²) in [5.74, 6) is -1.12. The van der Waals surface area contributed by atoms with Crippen LogP contribution in [0.2, 0.25) is 0 Å². The Balaban J connectivity index is 2.56. The predicted octanol–water partition coefficient (Wildman–Crippen LogP) is 3.11. The first kappa shape index (κ1) is 16.3. The number of ether oxygens (including phenoxy) is 1. The SMILES string of the molecule is COC(=O)CC(c1ccc(Br)cc1)c1oc(C)cc(=O)c1O. The van der Waals surface area contributed by atoms with Gasteiger partial charge < -0.3 is 14.3 Å². The lowest BCUT2D eigenvalue weighted by Crippen LogP contribution is -2.13. The van der Waals surface area contributed by atoms with Crippen LogP contribution in [0.5, 0.6) is 5.75 Å². The van der Waals surface area contributed by atoms with Gasteiger partial charge in [-0.1, -0.05) is 28.1 Å². The van der Waals surface area contributed by atoms with E-state index >= 15 is 0 Å². The maximum absolute atomic E-state index is 11.8. The minimum atomic E-state index is -0.604. The van der Waals surface area contributed by atoms with E-state index in [1.165, 1.54) is 13.2 Å². The summed E-state index contributed by atoms with van der Waals surface area (Å²) in [6, 6.07) is 8.41. The number of carbonyl (C=O) groups excluding carboxylic acids is 1. The van der Waals surface area contributed by atoms with E-state index < -0.39 is 23.1 Å². The van der Waals surface area contributed by atoms with E-state index in [0.717, 1.165) is 10.0 Å². The molecule has 2 aromatic rings. The highest BCUT2D eigenvalue weighted by Gasteiger charge is 2.26.